The van der Waals surface area contributed by atoms with Crippen LogP contribution in [0.15, 0.2) is 11.3 Å². The molecule has 1 heterocycles. The van der Waals surface area contributed by atoms with Crippen LogP contribution in [0.4, 0.5) is 0 Å². The van der Waals surface area contributed by atoms with E-state index in [1.54, 1.807) is 0 Å². The van der Waals surface area contributed by atoms with Gasteiger partial charge in [0, 0.05) is 13.7 Å². The van der Waals surface area contributed by atoms with Crippen LogP contribution in [-0.4, -0.2) is 6.54 Å². The van der Waals surface area contributed by atoms with Crippen LogP contribution in [-0.2, 0) is 0 Å². The summed E-state index contributed by atoms with van der Waals surface area (Å²) in [5.74, 6) is 0. The molecule has 0 atom stereocenters. The lowest BCUT2D eigenvalue weighted by molar-refractivity contribution is 0.872. The van der Waals surface area contributed by atoms with E-state index in [4.69, 9.17) is 0 Å². The Balaban J connectivity index is 0.000000490. The minimum Gasteiger partial charge on any atom is -0.388 e. The van der Waals surface area contributed by atoms with Crippen molar-refractivity contribution in [2.75, 3.05) is 6.54 Å². The van der Waals surface area contributed by atoms with Crippen molar-refractivity contribution in [2.24, 2.45) is 0 Å². The van der Waals surface area contributed by atoms with Crippen LogP contribution in [0.2, 0.25) is 0 Å². The van der Waals surface area contributed by atoms with E-state index in [1.165, 1.54) is 17.7 Å². The molecule has 0 saturated carbocycles. The molecule has 1 rings (SSSR count). The predicted octanol–water partition coefficient (Wildman–Crippen LogP) is 1.52. The van der Waals surface area contributed by atoms with Crippen molar-refractivity contribution in [3.63, 3.8) is 0 Å². The zero-order valence-corrected chi connectivity index (χ0v) is 4.91. The quantitative estimate of drug-likeness (QED) is 0.485. The number of rotatable bonds is 0. The third-order valence-corrected chi connectivity index (χ3v) is 1.53. The zero-order chi connectivity index (χ0) is 5.28. The second-order valence-corrected chi connectivity index (χ2v) is 2.08. The molecule has 0 radical (unpaired) electrons. The van der Waals surface area contributed by atoms with E-state index in [2.05, 4.69) is 19.2 Å². The summed E-state index contributed by atoms with van der Waals surface area (Å²) in [6.45, 7) is 5.45. The second-order valence-electron chi connectivity index (χ2n) is 2.08. The van der Waals surface area contributed by atoms with Crippen molar-refractivity contribution in [3.05, 3.63) is 11.3 Å². The summed E-state index contributed by atoms with van der Waals surface area (Å²) in [6.07, 6.45) is 1.24. The van der Waals surface area contributed by atoms with E-state index in [1.807, 2.05) is 0 Å². The highest BCUT2D eigenvalue weighted by Gasteiger charge is 2.02. The van der Waals surface area contributed by atoms with Gasteiger partial charge in [-0.05, 0) is 20.3 Å². The molecular weight excluding hydrogens is 86.1 g/mol. The highest BCUT2D eigenvalue weighted by molar-refractivity contribution is 5.12. The highest BCUT2D eigenvalue weighted by Crippen LogP contribution is 2.09. The molecule has 0 aromatic carbocycles. The molecule has 0 fully saturated rings. The fourth-order valence-corrected chi connectivity index (χ4v) is 0.776. The average molecular weight is 99.2 g/mol. The molecule has 1 aliphatic rings. The lowest BCUT2D eigenvalue weighted by Gasteiger charge is -1.91. The molecule has 0 aromatic rings. The van der Waals surface area contributed by atoms with Crippen LogP contribution in [0.3, 0.4) is 0 Å². The van der Waals surface area contributed by atoms with Gasteiger partial charge < -0.3 is 5.32 Å². The number of hydrogen-bond donors (Lipinski definition) is 1. The highest BCUT2D eigenvalue weighted by atomic mass is 14.9. The van der Waals surface area contributed by atoms with Crippen molar-refractivity contribution < 1.29 is 1.43 Å². The molecule has 0 spiro atoms. The fourth-order valence-electron chi connectivity index (χ4n) is 0.776. The molecule has 0 amide bonds. The SMILES string of the molecule is CC1=C(C)NCC1.[HH]. The second kappa shape index (κ2) is 1.57. The fraction of sp³-hybridized carbons (Fsp3) is 0.667. The van der Waals surface area contributed by atoms with E-state index < -0.39 is 0 Å². The Hall–Kier alpha value is -0.460. The van der Waals surface area contributed by atoms with Gasteiger partial charge in [-0.25, -0.2) is 0 Å². The number of allylic oxidation sites excluding steroid dienone is 1. The van der Waals surface area contributed by atoms with Crippen molar-refractivity contribution in [1.29, 1.82) is 0 Å². The summed E-state index contributed by atoms with van der Waals surface area (Å²) in [5, 5.41) is 3.25. The van der Waals surface area contributed by atoms with Crippen LogP contribution < -0.4 is 5.32 Å². The molecule has 0 bridgehead atoms. The van der Waals surface area contributed by atoms with Crippen molar-refractivity contribution in [2.45, 2.75) is 20.3 Å². The maximum Gasteiger partial charge on any atom is 0.0181 e. The maximum atomic E-state index is 3.25. The summed E-state index contributed by atoms with van der Waals surface area (Å²) in [4.78, 5) is 0. The van der Waals surface area contributed by atoms with Crippen LogP contribution in [0.5, 0.6) is 0 Å². The summed E-state index contributed by atoms with van der Waals surface area (Å²) in [7, 11) is 0. The van der Waals surface area contributed by atoms with Gasteiger partial charge in [0.05, 0.1) is 0 Å². The minimum atomic E-state index is 0. The molecule has 1 N–H and O–H groups in total. The molecule has 0 aromatic heterocycles. The van der Waals surface area contributed by atoms with Gasteiger partial charge >= 0.3 is 0 Å². The van der Waals surface area contributed by atoms with Gasteiger partial charge in [0.1, 0.15) is 0 Å². The van der Waals surface area contributed by atoms with Crippen LogP contribution in [0.25, 0.3) is 0 Å². The largest absolute Gasteiger partial charge is 0.388 e. The van der Waals surface area contributed by atoms with Gasteiger partial charge in [0.25, 0.3) is 0 Å². The third kappa shape index (κ3) is 0.763. The van der Waals surface area contributed by atoms with Gasteiger partial charge in [-0.1, -0.05) is 5.57 Å². The Morgan fingerprint density at radius 1 is 1.57 bits per heavy atom. The Bertz CT molecular complexity index is 95.1. The normalized spacial score (nSPS) is 20.3. The summed E-state index contributed by atoms with van der Waals surface area (Å²) < 4.78 is 0. The van der Waals surface area contributed by atoms with E-state index in [9.17, 15) is 0 Å². The van der Waals surface area contributed by atoms with Crippen LogP contribution >= 0.6 is 0 Å². The average Bonchev–Trinajstić information content (AvgIpc) is 1.91. The first-order valence-electron chi connectivity index (χ1n) is 2.71. The molecule has 1 heteroatoms. The first kappa shape index (κ1) is 4.69. The lowest BCUT2D eigenvalue weighted by atomic mass is 10.2. The van der Waals surface area contributed by atoms with Gasteiger partial charge in [0.2, 0.25) is 0 Å². The molecule has 0 unspecified atom stereocenters. The molecule has 7 heavy (non-hydrogen) atoms. The van der Waals surface area contributed by atoms with Gasteiger partial charge in [0.15, 0.2) is 0 Å². The first-order valence-corrected chi connectivity index (χ1v) is 2.71. The van der Waals surface area contributed by atoms with Crippen molar-refractivity contribution in [1.82, 2.24) is 5.32 Å². The van der Waals surface area contributed by atoms with E-state index in [0.717, 1.165) is 6.54 Å². The molecule has 1 aliphatic heterocycles. The van der Waals surface area contributed by atoms with Crippen molar-refractivity contribution >= 4 is 0 Å². The smallest absolute Gasteiger partial charge is 0.0181 e. The van der Waals surface area contributed by atoms with Crippen LogP contribution in [0.1, 0.15) is 21.7 Å². The summed E-state index contributed by atoms with van der Waals surface area (Å²) in [6, 6.07) is 0. The van der Waals surface area contributed by atoms with E-state index >= 15 is 0 Å². The number of hydrogen-bond acceptors (Lipinski definition) is 1. The third-order valence-electron chi connectivity index (χ3n) is 1.53. The zero-order valence-electron chi connectivity index (χ0n) is 4.91. The Kier molecular flexibility index (Phi) is 1.05. The maximum absolute atomic E-state index is 3.25. The minimum absolute atomic E-state index is 0. The van der Waals surface area contributed by atoms with Crippen LogP contribution in [0, 0.1) is 0 Å². The molecular formula is C6H13N. The molecule has 0 saturated heterocycles. The summed E-state index contributed by atoms with van der Waals surface area (Å²) in [5.41, 5.74) is 2.89. The van der Waals surface area contributed by atoms with E-state index in [0.29, 0.717) is 0 Å². The standard InChI is InChI=1S/C6H11N.H2/c1-5-3-4-7-6(5)2;/h7H,3-4H2,1-2H3;1H. The monoisotopic (exact) mass is 99.1 g/mol. The lowest BCUT2D eigenvalue weighted by Crippen LogP contribution is -2.03. The Morgan fingerprint density at radius 3 is 2.43 bits per heavy atom. The van der Waals surface area contributed by atoms with Gasteiger partial charge in [-0.3, -0.25) is 0 Å². The van der Waals surface area contributed by atoms with E-state index in [-0.39, 0.29) is 1.43 Å². The van der Waals surface area contributed by atoms with Crippen molar-refractivity contribution in [3.8, 4) is 0 Å². The molecule has 42 valence electrons. The topological polar surface area (TPSA) is 12.0 Å². The van der Waals surface area contributed by atoms with Gasteiger partial charge in [-0.15, -0.1) is 0 Å². The summed E-state index contributed by atoms with van der Waals surface area (Å²) >= 11 is 0. The molecule has 0 aliphatic carbocycles. The Morgan fingerprint density at radius 2 is 2.29 bits per heavy atom. The number of nitrogens with one attached hydrogen (secondary N) is 1. The predicted molar refractivity (Wildman–Crippen MR) is 33.1 cm³/mol. The van der Waals surface area contributed by atoms with Gasteiger partial charge in [-0.2, -0.15) is 0 Å². The Labute approximate surface area is 45.9 Å². The first-order chi connectivity index (χ1) is 3.30. The molecule has 1 nitrogen and oxygen atoms in total.